The molecular weight excluding hydrogens is 263 g/mol. The summed E-state index contributed by atoms with van der Waals surface area (Å²) in [6, 6.07) is 4.41. The van der Waals surface area contributed by atoms with E-state index in [2.05, 4.69) is 4.18 Å². The highest BCUT2D eigenvalue weighted by atomic mass is 35.5. The first kappa shape index (κ1) is 12.6. The van der Waals surface area contributed by atoms with Gasteiger partial charge in [-0.1, -0.05) is 17.7 Å². The Morgan fingerprint density at radius 3 is 2.67 bits per heavy atom. The Hall–Kier alpha value is -0.460. The first-order valence-electron chi connectivity index (χ1n) is 3.73. The maximum Gasteiger partial charge on any atom is 0.302 e. The molecule has 0 spiro atoms. The molecule has 15 heavy (non-hydrogen) atoms. The SMILES string of the molecule is O=C(Cl)c1ccc(COS(=O)O)cc1Cl. The van der Waals surface area contributed by atoms with Gasteiger partial charge in [0.1, 0.15) is 0 Å². The zero-order chi connectivity index (χ0) is 11.4. The summed E-state index contributed by atoms with van der Waals surface area (Å²) >= 11 is 8.66. The fraction of sp³-hybridized carbons (Fsp3) is 0.125. The second kappa shape index (κ2) is 5.58. The van der Waals surface area contributed by atoms with Crippen LogP contribution >= 0.6 is 23.2 Å². The summed E-state index contributed by atoms with van der Waals surface area (Å²) in [6.45, 7) is -0.0699. The highest BCUT2D eigenvalue weighted by Crippen LogP contribution is 2.20. The lowest BCUT2D eigenvalue weighted by Gasteiger charge is -2.02. The maximum absolute atomic E-state index is 10.8. The molecule has 1 atom stereocenters. The third-order valence-electron chi connectivity index (χ3n) is 1.57. The Morgan fingerprint density at radius 2 is 2.20 bits per heavy atom. The van der Waals surface area contributed by atoms with Gasteiger partial charge in [-0.2, -0.15) is 4.21 Å². The summed E-state index contributed by atoms with van der Waals surface area (Å²) in [5.41, 5.74) is 0.760. The molecule has 1 N–H and O–H groups in total. The van der Waals surface area contributed by atoms with Gasteiger partial charge in [0.2, 0.25) is 0 Å². The van der Waals surface area contributed by atoms with E-state index in [4.69, 9.17) is 27.8 Å². The van der Waals surface area contributed by atoms with Crippen LogP contribution in [0.3, 0.4) is 0 Å². The zero-order valence-corrected chi connectivity index (χ0v) is 9.60. The Balaban J connectivity index is 2.82. The molecule has 0 aliphatic heterocycles. The van der Waals surface area contributed by atoms with Crippen molar-refractivity contribution in [3.05, 3.63) is 34.3 Å². The fourth-order valence-electron chi connectivity index (χ4n) is 0.926. The van der Waals surface area contributed by atoms with Gasteiger partial charge in [-0.3, -0.25) is 13.5 Å². The standard InChI is InChI=1S/C8H6Cl2O4S/c9-7-3-5(4-14-15(12)13)1-2-6(7)8(10)11/h1-3H,4H2,(H,12,13). The highest BCUT2D eigenvalue weighted by Gasteiger charge is 2.08. The molecule has 1 rings (SSSR count). The van der Waals surface area contributed by atoms with E-state index in [9.17, 15) is 9.00 Å². The van der Waals surface area contributed by atoms with Gasteiger partial charge in [0.15, 0.2) is 0 Å². The summed E-state index contributed by atoms with van der Waals surface area (Å²) in [6.07, 6.45) is 0. The van der Waals surface area contributed by atoms with Gasteiger partial charge in [0.05, 0.1) is 17.2 Å². The van der Waals surface area contributed by atoms with Crippen LogP contribution in [0.4, 0.5) is 0 Å². The quantitative estimate of drug-likeness (QED) is 0.673. The second-order valence-corrected chi connectivity index (χ2v) is 3.99. The largest absolute Gasteiger partial charge is 0.302 e. The molecular formula is C8H6Cl2O4S. The van der Waals surface area contributed by atoms with Crippen molar-refractivity contribution in [1.29, 1.82) is 0 Å². The van der Waals surface area contributed by atoms with Gasteiger partial charge in [-0.25, -0.2) is 0 Å². The van der Waals surface area contributed by atoms with E-state index >= 15 is 0 Å². The summed E-state index contributed by atoms with van der Waals surface area (Å²) in [4.78, 5) is 10.8. The molecule has 1 aromatic rings. The Kier molecular flexibility index (Phi) is 4.69. The molecule has 0 radical (unpaired) electrons. The topological polar surface area (TPSA) is 63.6 Å². The monoisotopic (exact) mass is 268 g/mol. The second-order valence-electron chi connectivity index (χ2n) is 2.57. The van der Waals surface area contributed by atoms with Gasteiger partial charge in [0.25, 0.3) is 5.24 Å². The third-order valence-corrected chi connectivity index (χ3v) is 2.41. The fourth-order valence-corrected chi connectivity index (χ4v) is 1.67. The normalized spacial score (nSPS) is 12.5. The number of hydrogen-bond acceptors (Lipinski definition) is 3. The smallest absolute Gasteiger partial charge is 0.284 e. The molecule has 7 heteroatoms. The van der Waals surface area contributed by atoms with Crippen molar-refractivity contribution in [2.45, 2.75) is 6.61 Å². The predicted octanol–water partition coefficient (Wildman–Crippen LogP) is 2.37. The summed E-state index contributed by atoms with van der Waals surface area (Å²) < 4.78 is 23.0. The average Bonchev–Trinajstić information content (AvgIpc) is 2.14. The Labute approximate surface area is 98.6 Å². The van der Waals surface area contributed by atoms with Crippen LogP contribution in [-0.2, 0) is 22.2 Å². The van der Waals surface area contributed by atoms with Gasteiger partial charge in [-0.15, -0.1) is 0 Å². The number of halogens is 2. The number of benzene rings is 1. The van der Waals surface area contributed by atoms with E-state index in [-0.39, 0.29) is 17.2 Å². The van der Waals surface area contributed by atoms with E-state index in [0.29, 0.717) is 5.56 Å². The molecule has 0 bridgehead atoms. The molecule has 0 aromatic heterocycles. The van der Waals surface area contributed by atoms with E-state index in [1.807, 2.05) is 0 Å². The van der Waals surface area contributed by atoms with E-state index in [1.54, 1.807) is 0 Å². The van der Waals surface area contributed by atoms with Crippen molar-refractivity contribution in [3.8, 4) is 0 Å². The van der Waals surface area contributed by atoms with Crippen molar-refractivity contribution >= 4 is 39.8 Å². The highest BCUT2D eigenvalue weighted by molar-refractivity contribution is 7.74. The maximum atomic E-state index is 10.8. The minimum Gasteiger partial charge on any atom is -0.284 e. The van der Waals surface area contributed by atoms with Gasteiger partial charge < -0.3 is 0 Å². The zero-order valence-electron chi connectivity index (χ0n) is 7.28. The van der Waals surface area contributed by atoms with Crippen LogP contribution in [0.2, 0.25) is 5.02 Å². The molecule has 4 nitrogen and oxygen atoms in total. The molecule has 0 fully saturated rings. The summed E-state index contributed by atoms with van der Waals surface area (Å²) in [7, 11) is 0. The van der Waals surface area contributed by atoms with E-state index in [1.165, 1.54) is 18.2 Å². The lowest BCUT2D eigenvalue weighted by Crippen LogP contribution is -1.97. The van der Waals surface area contributed by atoms with Crippen LogP contribution in [0, 0.1) is 0 Å². The summed E-state index contributed by atoms with van der Waals surface area (Å²) in [5.74, 6) is 0. The molecule has 1 aromatic carbocycles. The van der Waals surface area contributed by atoms with Crippen molar-refractivity contribution in [1.82, 2.24) is 0 Å². The van der Waals surface area contributed by atoms with Crippen LogP contribution < -0.4 is 0 Å². The number of carbonyl (C=O) groups is 1. The molecule has 82 valence electrons. The number of carbonyl (C=O) groups excluding carboxylic acids is 1. The number of hydrogen-bond donors (Lipinski definition) is 1. The molecule has 0 heterocycles. The minimum atomic E-state index is -2.32. The van der Waals surface area contributed by atoms with Crippen LogP contribution in [-0.4, -0.2) is 14.0 Å². The average molecular weight is 269 g/mol. The lowest BCUT2D eigenvalue weighted by atomic mass is 10.1. The van der Waals surface area contributed by atoms with Crippen LogP contribution in [0.25, 0.3) is 0 Å². The van der Waals surface area contributed by atoms with Gasteiger partial charge in [0, 0.05) is 0 Å². The van der Waals surface area contributed by atoms with Crippen LogP contribution in [0.15, 0.2) is 18.2 Å². The first-order valence-corrected chi connectivity index (χ1v) is 5.52. The van der Waals surface area contributed by atoms with Crippen molar-refractivity contribution in [3.63, 3.8) is 0 Å². The van der Waals surface area contributed by atoms with Crippen molar-refractivity contribution in [2.24, 2.45) is 0 Å². The Morgan fingerprint density at radius 1 is 1.53 bits per heavy atom. The molecule has 0 saturated carbocycles. The molecule has 0 aliphatic rings. The Bertz CT molecular complexity index is 408. The van der Waals surface area contributed by atoms with E-state index < -0.39 is 16.6 Å². The third kappa shape index (κ3) is 3.89. The predicted molar refractivity (Wildman–Crippen MR) is 57.2 cm³/mol. The molecule has 0 aliphatic carbocycles. The summed E-state index contributed by atoms with van der Waals surface area (Å²) in [5, 5.41) is -0.474. The van der Waals surface area contributed by atoms with E-state index in [0.717, 1.165) is 0 Å². The molecule has 0 amide bonds. The van der Waals surface area contributed by atoms with Crippen LogP contribution in [0.5, 0.6) is 0 Å². The lowest BCUT2D eigenvalue weighted by molar-refractivity contribution is 0.108. The van der Waals surface area contributed by atoms with Crippen molar-refractivity contribution < 1.29 is 17.7 Å². The molecule has 1 unspecified atom stereocenters. The molecule has 0 saturated heterocycles. The first-order chi connectivity index (χ1) is 7.00. The number of rotatable bonds is 4. The van der Waals surface area contributed by atoms with Gasteiger partial charge >= 0.3 is 11.4 Å². The minimum absolute atomic E-state index is 0.0699. The van der Waals surface area contributed by atoms with Crippen LogP contribution in [0.1, 0.15) is 15.9 Å². The van der Waals surface area contributed by atoms with Gasteiger partial charge in [-0.05, 0) is 29.3 Å². The van der Waals surface area contributed by atoms with Crippen molar-refractivity contribution in [2.75, 3.05) is 0 Å².